The fourth-order valence-corrected chi connectivity index (χ4v) is 1.37. The van der Waals surface area contributed by atoms with Crippen LogP contribution in [-0.2, 0) is 11.2 Å². The predicted molar refractivity (Wildman–Crippen MR) is 63.0 cm³/mol. The summed E-state index contributed by atoms with van der Waals surface area (Å²) in [6.45, 7) is 0.375. The van der Waals surface area contributed by atoms with Crippen molar-refractivity contribution in [3.8, 4) is 5.75 Å². The van der Waals surface area contributed by atoms with Crippen LogP contribution < -0.4 is 11.1 Å². The number of aliphatic hydroxyl groups is 1. The molecule has 1 aromatic carbocycles. The second-order valence-electron chi connectivity index (χ2n) is 3.64. The van der Waals surface area contributed by atoms with Crippen molar-refractivity contribution < 1.29 is 20.1 Å². The molecule has 6 N–H and O–H groups in total. The number of anilines is 1. The molecule has 6 heteroatoms. The average molecular weight is 240 g/mol. The minimum Gasteiger partial charge on any atom is -0.508 e. The lowest BCUT2D eigenvalue weighted by Crippen LogP contribution is -2.32. The summed E-state index contributed by atoms with van der Waals surface area (Å²) in [5, 5.41) is 29.8. The fraction of sp³-hybridized carbons (Fsp3) is 0.364. The summed E-state index contributed by atoms with van der Waals surface area (Å²) in [7, 11) is 0. The van der Waals surface area contributed by atoms with E-state index in [-0.39, 0.29) is 18.8 Å². The second-order valence-corrected chi connectivity index (χ2v) is 3.64. The lowest BCUT2D eigenvalue weighted by atomic mass is 10.1. The van der Waals surface area contributed by atoms with Crippen LogP contribution >= 0.6 is 0 Å². The first-order valence-corrected chi connectivity index (χ1v) is 5.19. The molecule has 0 spiro atoms. The molecule has 0 bridgehead atoms. The third-order valence-electron chi connectivity index (χ3n) is 2.28. The highest BCUT2D eigenvalue weighted by Crippen LogP contribution is 2.22. The highest BCUT2D eigenvalue weighted by Gasteiger charge is 2.14. The highest BCUT2D eigenvalue weighted by molar-refractivity contribution is 5.73. The quantitative estimate of drug-likeness (QED) is 0.468. The molecule has 6 nitrogen and oxygen atoms in total. The van der Waals surface area contributed by atoms with Crippen molar-refractivity contribution in [2.75, 3.05) is 18.5 Å². The van der Waals surface area contributed by atoms with Crippen molar-refractivity contribution in [3.63, 3.8) is 0 Å². The van der Waals surface area contributed by atoms with E-state index in [1.165, 1.54) is 6.07 Å². The smallest absolute Gasteiger partial charge is 0.320 e. The van der Waals surface area contributed by atoms with E-state index in [9.17, 15) is 9.90 Å². The molecule has 0 saturated carbocycles. The van der Waals surface area contributed by atoms with Crippen LogP contribution in [0.5, 0.6) is 5.75 Å². The maximum atomic E-state index is 10.6. The summed E-state index contributed by atoms with van der Waals surface area (Å²) in [5.74, 6) is -1.11. The lowest BCUT2D eigenvalue weighted by Gasteiger charge is -2.10. The van der Waals surface area contributed by atoms with Gasteiger partial charge in [-0.2, -0.15) is 0 Å². The topological polar surface area (TPSA) is 116 Å². The zero-order valence-corrected chi connectivity index (χ0v) is 9.26. The van der Waals surface area contributed by atoms with E-state index in [0.29, 0.717) is 17.8 Å². The Kier molecular flexibility index (Phi) is 4.74. The van der Waals surface area contributed by atoms with E-state index in [1.807, 2.05) is 0 Å². The number of hydrogen-bond acceptors (Lipinski definition) is 5. The van der Waals surface area contributed by atoms with Gasteiger partial charge in [-0.15, -0.1) is 0 Å². The third-order valence-corrected chi connectivity index (χ3v) is 2.28. The lowest BCUT2D eigenvalue weighted by molar-refractivity contribution is -0.138. The Labute approximate surface area is 98.7 Å². The van der Waals surface area contributed by atoms with E-state index in [1.54, 1.807) is 12.1 Å². The Morgan fingerprint density at radius 2 is 2.18 bits per heavy atom. The number of nitrogens with two attached hydrogens (primary N) is 1. The Morgan fingerprint density at radius 3 is 2.71 bits per heavy atom. The number of carbonyl (C=O) groups is 1. The van der Waals surface area contributed by atoms with Crippen molar-refractivity contribution in [1.29, 1.82) is 0 Å². The van der Waals surface area contributed by atoms with E-state index >= 15 is 0 Å². The first-order valence-electron chi connectivity index (χ1n) is 5.19. The van der Waals surface area contributed by atoms with Crippen LogP contribution in [0, 0.1) is 0 Å². The molecule has 0 saturated heterocycles. The molecule has 94 valence electrons. The molecule has 0 heterocycles. The normalized spacial score (nSPS) is 12.1. The minimum absolute atomic E-state index is 0.00754. The number of phenolic OH excluding ortho intramolecular Hbond substituents is 1. The molecule has 0 aliphatic heterocycles. The summed E-state index contributed by atoms with van der Waals surface area (Å²) >= 11 is 0. The summed E-state index contributed by atoms with van der Waals surface area (Å²) in [6, 6.07) is 3.74. The van der Waals surface area contributed by atoms with Crippen LogP contribution in [-0.4, -0.2) is 40.5 Å². The number of hydrogen-bond donors (Lipinski definition) is 5. The van der Waals surface area contributed by atoms with Crippen molar-refractivity contribution in [2.45, 2.75) is 12.5 Å². The van der Waals surface area contributed by atoms with Gasteiger partial charge in [-0.1, -0.05) is 6.07 Å². The number of benzene rings is 1. The van der Waals surface area contributed by atoms with E-state index < -0.39 is 12.0 Å². The molecule has 1 aromatic rings. The van der Waals surface area contributed by atoms with Crippen molar-refractivity contribution in [3.05, 3.63) is 23.8 Å². The SMILES string of the molecule is NC(Cc1ccc(NCCO)cc1O)C(=O)O. The van der Waals surface area contributed by atoms with Gasteiger partial charge in [0.05, 0.1) is 6.61 Å². The monoisotopic (exact) mass is 240 g/mol. The Hall–Kier alpha value is -1.79. The van der Waals surface area contributed by atoms with Crippen LogP contribution in [0.1, 0.15) is 5.56 Å². The number of carboxylic acid groups (broad SMARTS) is 1. The number of aliphatic carboxylic acids is 1. The van der Waals surface area contributed by atoms with Crippen LogP contribution in [0.15, 0.2) is 18.2 Å². The maximum Gasteiger partial charge on any atom is 0.320 e. The summed E-state index contributed by atoms with van der Waals surface area (Å²) in [4.78, 5) is 10.6. The number of aliphatic hydroxyl groups excluding tert-OH is 1. The van der Waals surface area contributed by atoms with Gasteiger partial charge in [-0.05, 0) is 11.6 Å². The first-order chi connectivity index (χ1) is 8.04. The average Bonchev–Trinajstić information content (AvgIpc) is 2.29. The Bertz CT molecular complexity index is 395. The maximum absolute atomic E-state index is 10.6. The van der Waals surface area contributed by atoms with Crippen LogP contribution in [0.25, 0.3) is 0 Å². The van der Waals surface area contributed by atoms with E-state index in [4.69, 9.17) is 15.9 Å². The Balaban J connectivity index is 2.72. The molecule has 0 aromatic heterocycles. The molecule has 1 rings (SSSR count). The molecule has 0 aliphatic carbocycles. The van der Waals surface area contributed by atoms with E-state index in [0.717, 1.165) is 0 Å². The van der Waals surface area contributed by atoms with Gasteiger partial charge in [0.25, 0.3) is 0 Å². The molecule has 0 fully saturated rings. The summed E-state index contributed by atoms with van der Waals surface area (Å²) in [5.41, 5.74) is 6.51. The van der Waals surface area contributed by atoms with Crippen LogP contribution in [0.2, 0.25) is 0 Å². The minimum atomic E-state index is -1.10. The molecular weight excluding hydrogens is 224 g/mol. The molecule has 1 atom stereocenters. The van der Waals surface area contributed by atoms with Gasteiger partial charge in [0.2, 0.25) is 0 Å². The second kappa shape index (κ2) is 6.07. The number of aromatic hydroxyl groups is 1. The third kappa shape index (κ3) is 3.93. The van der Waals surface area contributed by atoms with Gasteiger partial charge in [0.15, 0.2) is 0 Å². The molecule has 0 radical (unpaired) electrons. The number of rotatable bonds is 6. The first kappa shape index (κ1) is 13.3. The van der Waals surface area contributed by atoms with Gasteiger partial charge in [0, 0.05) is 24.7 Å². The Morgan fingerprint density at radius 1 is 1.47 bits per heavy atom. The van der Waals surface area contributed by atoms with Crippen molar-refractivity contribution in [2.24, 2.45) is 5.73 Å². The summed E-state index contributed by atoms with van der Waals surface area (Å²) < 4.78 is 0. The fourth-order valence-electron chi connectivity index (χ4n) is 1.37. The molecule has 0 aliphatic rings. The highest BCUT2D eigenvalue weighted by atomic mass is 16.4. The largest absolute Gasteiger partial charge is 0.508 e. The zero-order chi connectivity index (χ0) is 12.8. The number of phenols is 1. The molecule has 17 heavy (non-hydrogen) atoms. The number of nitrogens with one attached hydrogen (secondary N) is 1. The molecular formula is C11H16N2O4. The van der Waals surface area contributed by atoms with Crippen molar-refractivity contribution in [1.82, 2.24) is 0 Å². The molecule has 0 amide bonds. The van der Waals surface area contributed by atoms with Crippen LogP contribution in [0.3, 0.4) is 0 Å². The predicted octanol–water partition coefficient (Wildman–Crippen LogP) is -0.249. The molecule has 1 unspecified atom stereocenters. The standard InChI is InChI=1S/C11H16N2O4/c12-9(11(16)17)5-7-1-2-8(6-10(7)15)13-3-4-14/h1-2,6,9,13-15H,3-5,12H2,(H,16,17). The van der Waals surface area contributed by atoms with Crippen LogP contribution in [0.4, 0.5) is 5.69 Å². The zero-order valence-electron chi connectivity index (χ0n) is 9.26. The van der Waals surface area contributed by atoms with E-state index in [2.05, 4.69) is 5.32 Å². The van der Waals surface area contributed by atoms with Gasteiger partial charge >= 0.3 is 5.97 Å². The van der Waals surface area contributed by atoms with Crippen molar-refractivity contribution >= 4 is 11.7 Å². The summed E-state index contributed by atoms with van der Waals surface area (Å²) in [6.07, 6.45) is 0.0709. The van der Waals surface area contributed by atoms with Gasteiger partial charge < -0.3 is 26.4 Å². The van der Waals surface area contributed by atoms with Gasteiger partial charge in [0.1, 0.15) is 11.8 Å². The van der Waals surface area contributed by atoms with Gasteiger partial charge in [-0.3, -0.25) is 4.79 Å². The van der Waals surface area contributed by atoms with Gasteiger partial charge in [-0.25, -0.2) is 0 Å². The number of carboxylic acids is 1.